The van der Waals surface area contributed by atoms with Crippen LogP contribution in [0.15, 0.2) is 5.28 Å². The highest BCUT2D eigenvalue weighted by Gasteiger charge is 2.10. The molecule has 0 aromatic carbocycles. The normalized spacial score (nSPS) is 11.8. The lowest BCUT2D eigenvalue weighted by Crippen LogP contribution is -2.84. The summed E-state index contributed by atoms with van der Waals surface area (Å²) in [6.45, 7) is 4.28. The van der Waals surface area contributed by atoms with E-state index in [1.807, 2.05) is 0 Å². The van der Waals surface area contributed by atoms with Crippen molar-refractivity contribution in [2.75, 3.05) is 39.3 Å². The summed E-state index contributed by atoms with van der Waals surface area (Å²) in [5, 5.41) is 27.3. The van der Waals surface area contributed by atoms with Gasteiger partial charge >= 0.3 is 0 Å². The van der Waals surface area contributed by atoms with Gasteiger partial charge in [-0.15, -0.1) is 5.01 Å². The fourth-order valence-electron chi connectivity index (χ4n) is 1.60. The van der Waals surface area contributed by atoms with E-state index in [0.29, 0.717) is 26.1 Å². The van der Waals surface area contributed by atoms with E-state index in [9.17, 15) is 10.4 Å². The predicted octanol–water partition coefficient (Wildman–Crippen LogP) is -1.30. The van der Waals surface area contributed by atoms with Crippen molar-refractivity contribution < 1.29 is 10.3 Å². The van der Waals surface area contributed by atoms with Crippen LogP contribution in [-0.4, -0.2) is 49.2 Å². The van der Waals surface area contributed by atoms with Crippen molar-refractivity contribution in [2.24, 2.45) is 16.7 Å². The first-order valence-corrected chi connectivity index (χ1v) is 6.53. The molecule has 0 bridgehead atoms. The lowest BCUT2D eigenvalue weighted by atomic mass is 10.3. The standard InChI is InChI=1S/C10H26N6O2/c11-5-3-8-13-7-1-2-9-15(10-4-6-12)16(18)14-17/h13,17H,1-12H2/b16-14+. The molecule has 0 unspecified atom stereocenters. The molecule has 18 heavy (non-hydrogen) atoms. The van der Waals surface area contributed by atoms with E-state index >= 15 is 0 Å². The Morgan fingerprint density at radius 1 is 1.00 bits per heavy atom. The Morgan fingerprint density at radius 3 is 2.22 bits per heavy atom. The van der Waals surface area contributed by atoms with Crippen LogP contribution >= 0.6 is 0 Å². The van der Waals surface area contributed by atoms with Gasteiger partial charge in [0.2, 0.25) is 0 Å². The Kier molecular flexibility index (Phi) is 11.6. The first kappa shape index (κ1) is 16.9. The fourth-order valence-corrected chi connectivity index (χ4v) is 1.60. The molecule has 8 heteroatoms. The maximum atomic E-state index is 11.1. The van der Waals surface area contributed by atoms with E-state index < -0.39 is 0 Å². The minimum atomic E-state index is 0.119. The van der Waals surface area contributed by atoms with E-state index in [4.69, 9.17) is 11.5 Å². The number of hydrazine groups is 1. The molecule has 0 heterocycles. The quantitative estimate of drug-likeness (QED) is 0.174. The van der Waals surface area contributed by atoms with Crippen molar-refractivity contribution in [3.05, 3.63) is 10.4 Å². The SMILES string of the molecule is NCCC[NH2+]CCCCN(CCCN)/[N+]([O-])=N\[O-]. The van der Waals surface area contributed by atoms with Gasteiger partial charge in [-0.25, -0.2) is 0 Å². The molecule has 0 aromatic rings. The summed E-state index contributed by atoms with van der Waals surface area (Å²) in [7, 11) is 0. The zero-order valence-electron chi connectivity index (χ0n) is 11.0. The number of hydrogen-bond acceptors (Lipinski definition) is 5. The molecular formula is C10H26N6O2. The Bertz CT molecular complexity index is 215. The van der Waals surface area contributed by atoms with Gasteiger partial charge in [-0.2, -0.15) is 0 Å². The molecule has 0 aliphatic rings. The maximum Gasteiger partial charge on any atom is 0.0779 e. The summed E-state index contributed by atoms with van der Waals surface area (Å²) in [6, 6.07) is 0. The summed E-state index contributed by atoms with van der Waals surface area (Å²) >= 11 is 0. The summed E-state index contributed by atoms with van der Waals surface area (Å²) in [5.41, 5.74) is 10.8. The van der Waals surface area contributed by atoms with E-state index in [1.165, 1.54) is 5.01 Å². The van der Waals surface area contributed by atoms with E-state index in [-0.39, 0.29) is 4.97 Å². The molecule has 0 amide bonds. The van der Waals surface area contributed by atoms with E-state index in [2.05, 4.69) is 10.6 Å². The van der Waals surface area contributed by atoms with Crippen LogP contribution in [-0.2, 0) is 0 Å². The van der Waals surface area contributed by atoms with E-state index in [0.717, 1.165) is 38.9 Å². The Hall–Kier alpha value is -1.12. The van der Waals surface area contributed by atoms with Crippen LogP contribution in [0.2, 0.25) is 0 Å². The lowest BCUT2D eigenvalue weighted by Gasteiger charge is -2.18. The average molecular weight is 262 g/mol. The zero-order valence-corrected chi connectivity index (χ0v) is 11.0. The highest BCUT2D eigenvalue weighted by molar-refractivity contribution is 4.48. The van der Waals surface area contributed by atoms with Crippen molar-refractivity contribution in [1.82, 2.24) is 5.01 Å². The summed E-state index contributed by atoms with van der Waals surface area (Å²) in [6.07, 6.45) is 3.55. The van der Waals surface area contributed by atoms with Gasteiger partial charge in [0.05, 0.1) is 26.2 Å². The van der Waals surface area contributed by atoms with Gasteiger partial charge in [0.25, 0.3) is 0 Å². The van der Waals surface area contributed by atoms with Crippen LogP contribution in [0.5, 0.6) is 0 Å². The smallest absolute Gasteiger partial charge is 0.0779 e. The predicted molar refractivity (Wildman–Crippen MR) is 69.2 cm³/mol. The molecule has 0 spiro atoms. The van der Waals surface area contributed by atoms with Crippen molar-refractivity contribution in [1.29, 1.82) is 0 Å². The van der Waals surface area contributed by atoms with Gasteiger partial charge in [0.1, 0.15) is 0 Å². The number of rotatable bonds is 12. The summed E-state index contributed by atoms with van der Waals surface area (Å²) in [4.78, 5) is 0.119. The summed E-state index contributed by atoms with van der Waals surface area (Å²) in [5.74, 6) is 0. The third-order valence-corrected chi connectivity index (χ3v) is 2.62. The van der Waals surface area contributed by atoms with Crippen LogP contribution < -0.4 is 16.8 Å². The molecule has 0 fully saturated rings. The third-order valence-electron chi connectivity index (χ3n) is 2.62. The van der Waals surface area contributed by atoms with Gasteiger partial charge in [0, 0.05) is 11.4 Å². The molecule has 0 rings (SSSR count). The molecular weight excluding hydrogens is 236 g/mol. The van der Waals surface area contributed by atoms with Gasteiger partial charge in [0.15, 0.2) is 0 Å². The number of nitrogens with two attached hydrogens (primary N) is 3. The molecule has 8 nitrogen and oxygen atoms in total. The van der Waals surface area contributed by atoms with Crippen LogP contribution in [0.4, 0.5) is 0 Å². The molecule has 0 aliphatic heterocycles. The van der Waals surface area contributed by atoms with Gasteiger partial charge in [-0.05, 0) is 37.6 Å². The monoisotopic (exact) mass is 262 g/mol. The Labute approximate surface area is 108 Å². The van der Waals surface area contributed by atoms with Crippen LogP contribution in [0.3, 0.4) is 0 Å². The van der Waals surface area contributed by atoms with Gasteiger partial charge in [-0.3, -0.25) is 0 Å². The number of nitrogens with zero attached hydrogens (tertiary/aromatic N) is 3. The van der Waals surface area contributed by atoms with Crippen LogP contribution in [0.25, 0.3) is 0 Å². The Morgan fingerprint density at radius 2 is 1.61 bits per heavy atom. The molecule has 0 saturated heterocycles. The minimum Gasteiger partial charge on any atom is -0.737 e. The van der Waals surface area contributed by atoms with Crippen LogP contribution in [0.1, 0.15) is 25.7 Å². The molecule has 0 radical (unpaired) electrons. The molecule has 0 atom stereocenters. The number of hydrogen-bond donors (Lipinski definition) is 3. The number of unbranched alkanes of at least 4 members (excludes halogenated alkanes) is 1. The zero-order chi connectivity index (χ0) is 13.6. The van der Waals surface area contributed by atoms with Crippen molar-refractivity contribution in [2.45, 2.75) is 25.7 Å². The van der Waals surface area contributed by atoms with Crippen LogP contribution in [0, 0.1) is 10.4 Å². The minimum absolute atomic E-state index is 0.119. The van der Waals surface area contributed by atoms with Crippen molar-refractivity contribution in [3.63, 3.8) is 0 Å². The second-order valence-electron chi connectivity index (χ2n) is 4.15. The molecule has 0 aliphatic carbocycles. The lowest BCUT2D eigenvalue weighted by molar-refractivity contribution is -0.691. The molecule has 6 N–H and O–H groups in total. The number of quaternary nitrogens is 1. The Balaban J connectivity index is 3.63. The molecule has 0 aromatic heterocycles. The topological polar surface area (TPSA) is 133 Å². The average Bonchev–Trinajstić information content (AvgIpc) is 2.40. The second kappa shape index (κ2) is 12.3. The highest BCUT2D eigenvalue weighted by atomic mass is 16.6. The maximum absolute atomic E-state index is 11.1. The van der Waals surface area contributed by atoms with Crippen molar-refractivity contribution in [3.8, 4) is 0 Å². The van der Waals surface area contributed by atoms with E-state index in [1.54, 1.807) is 0 Å². The second-order valence-corrected chi connectivity index (χ2v) is 4.15. The van der Waals surface area contributed by atoms with Gasteiger partial charge in [-0.1, -0.05) is 0 Å². The third kappa shape index (κ3) is 8.97. The first-order valence-electron chi connectivity index (χ1n) is 6.53. The molecule has 0 saturated carbocycles. The van der Waals surface area contributed by atoms with Gasteiger partial charge < -0.3 is 27.2 Å². The fraction of sp³-hybridized carbons (Fsp3) is 1.00. The largest absolute Gasteiger partial charge is 0.737 e. The van der Waals surface area contributed by atoms with Crippen molar-refractivity contribution >= 4 is 0 Å². The first-order chi connectivity index (χ1) is 8.76. The highest BCUT2D eigenvalue weighted by Crippen LogP contribution is 1.97. The summed E-state index contributed by atoms with van der Waals surface area (Å²) < 4.78 is 0. The molecule has 108 valence electrons.